The maximum absolute atomic E-state index is 5.73. The van der Waals surface area contributed by atoms with Crippen LogP contribution in [0.5, 0.6) is 0 Å². The molecule has 1 atom stereocenters. The van der Waals surface area contributed by atoms with E-state index in [1.165, 1.54) is 6.42 Å². The molecule has 16 heavy (non-hydrogen) atoms. The Labute approximate surface area is 94.0 Å². The van der Waals surface area contributed by atoms with Crippen molar-refractivity contribution in [1.82, 2.24) is 9.38 Å². The Bertz CT molecular complexity index is 500. The van der Waals surface area contributed by atoms with Gasteiger partial charge in [-0.1, -0.05) is 0 Å². The summed E-state index contributed by atoms with van der Waals surface area (Å²) in [4.78, 5) is 4.43. The van der Waals surface area contributed by atoms with Crippen LogP contribution in [0.25, 0.3) is 5.52 Å². The van der Waals surface area contributed by atoms with E-state index in [1.807, 2.05) is 24.5 Å². The smallest absolute Gasteiger partial charge is 0.115 e. The second kappa shape index (κ2) is 3.79. The summed E-state index contributed by atoms with van der Waals surface area (Å²) in [6, 6.07) is 3.83. The first kappa shape index (κ1) is 9.66. The van der Waals surface area contributed by atoms with Crippen LogP contribution >= 0.6 is 0 Å². The number of hydrogen-bond acceptors (Lipinski definition) is 3. The van der Waals surface area contributed by atoms with Gasteiger partial charge in [0.05, 0.1) is 17.8 Å². The van der Waals surface area contributed by atoms with E-state index in [-0.39, 0.29) is 0 Å². The Hall–Kier alpha value is -1.55. The van der Waals surface area contributed by atoms with Gasteiger partial charge in [0, 0.05) is 24.9 Å². The van der Waals surface area contributed by atoms with Gasteiger partial charge in [-0.3, -0.25) is 0 Å². The number of fused-ring (bicyclic) bond motifs is 1. The maximum Gasteiger partial charge on any atom is 0.115 e. The van der Waals surface area contributed by atoms with Gasteiger partial charge in [0.1, 0.15) is 5.82 Å². The molecule has 0 bridgehead atoms. The molecule has 84 valence electrons. The van der Waals surface area contributed by atoms with Crippen molar-refractivity contribution >= 4 is 11.2 Å². The van der Waals surface area contributed by atoms with Crippen LogP contribution in [-0.2, 0) is 11.2 Å². The number of imidazole rings is 1. The third-order valence-electron chi connectivity index (χ3n) is 3.07. The van der Waals surface area contributed by atoms with Crippen LogP contribution in [0.15, 0.2) is 24.5 Å². The molecule has 3 heterocycles. The third kappa shape index (κ3) is 1.65. The SMILES string of the molecule is Nc1ccn2c(CC3CCCO3)ncc2c1. The van der Waals surface area contributed by atoms with Crippen molar-refractivity contribution in [3.05, 3.63) is 30.4 Å². The predicted molar refractivity (Wildman–Crippen MR) is 62.3 cm³/mol. The standard InChI is InChI=1S/C12H15N3O/c13-9-3-4-15-10(6-9)8-14-12(15)7-11-2-1-5-16-11/h3-4,6,8,11H,1-2,5,7,13H2. The lowest BCUT2D eigenvalue weighted by molar-refractivity contribution is 0.110. The van der Waals surface area contributed by atoms with Crippen LogP contribution in [0.2, 0.25) is 0 Å². The molecule has 0 spiro atoms. The number of nitrogens with two attached hydrogens (primary N) is 1. The number of ether oxygens (including phenoxy) is 1. The van der Waals surface area contributed by atoms with Crippen LogP contribution in [0.1, 0.15) is 18.7 Å². The van der Waals surface area contributed by atoms with Crippen molar-refractivity contribution in [2.75, 3.05) is 12.3 Å². The summed E-state index contributed by atoms with van der Waals surface area (Å²) < 4.78 is 7.70. The molecule has 1 saturated heterocycles. The number of nitrogen functional groups attached to an aromatic ring is 1. The van der Waals surface area contributed by atoms with Crippen molar-refractivity contribution in [1.29, 1.82) is 0 Å². The molecule has 1 aliphatic heterocycles. The van der Waals surface area contributed by atoms with Crippen molar-refractivity contribution in [2.24, 2.45) is 0 Å². The van der Waals surface area contributed by atoms with Crippen molar-refractivity contribution in [3.8, 4) is 0 Å². The molecule has 2 aromatic rings. The van der Waals surface area contributed by atoms with Gasteiger partial charge < -0.3 is 14.9 Å². The molecule has 0 aromatic carbocycles. The van der Waals surface area contributed by atoms with Gasteiger partial charge in [0.2, 0.25) is 0 Å². The molecule has 0 radical (unpaired) electrons. The quantitative estimate of drug-likeness (QED) is 0.832. The molecule has 4 heteroatoms. The minimum absolute atomic E-state index is 0.336. The molecule has 3 rings (SSSR count). The second-order valence-electron chi connectivity index (χ2n) is 4.27. The first-order chi connectivity index (χ1) is 7.83. The first-order valence-corrected chi connectivity index (χ1v) is 5.66. The summed E-state index contributed by atoms with van der Waals surface area (Å²) in [6.07, 6.45) is 7.37. The number of hydrogen-bond donors (Lipinski definition) is 1. The highest BCUT2D eigenvalue weighted by Gasteiger charge is 2.18. The molecule has 0 aliphatic carbocycles. The lowest BCUT2D eigenvalue weighted by atomic mass is 10.2. The minimum atomic E-state index is 0.336. The summed E-state index contributed by atoms with van der Waals surface area (Å²) in [5.74, 6) is 1.06. The topological polar surface area (TPSA) is 52.5 Å². The second-order valence-corrected chi connectivity index (χ2v) is 4.27. The lowest BCUT2D eigenvalue weighted by Gasteiger charge is -2.08. The van der Waals surface area contributed by atoms with Crippen LogP contribution < -0.4 is 5.73 Å². The normalized spacial score (nSPS) is 20.6. The number of rotatable bonds is 2. The highest BCUT2D eigenvalue weighted by molar-refractivity contribution is 5.55. The highest BCUT2D eigenvalue weighted by atomic mass is 16.5. The zero-order valence-electron chi connectivity index (χ0n) is 9.10. The number of pyridine rings is 1. The Kier molecular flexibility index (Phi) is 2.29. The molecule has 2 N–H and O–H groups in total. The highest BCUT2D eigenvalue weighted by Crippen LogP contribution is 2.18. The van der Waals surface area contributed by atoms with Crippen molar-refractivity contribution < 1.29 is 4.74 Å². The monoisotopic (exact) mass is 217 g/mol. The van der Waals surface area contributed by atoms with Gasteiger partial charge in [-0.05, 0) is 25.0 Å². The Balaban J connectivity index is 1.91. The van der Waals surface area contributed by atoms with Crippen LogP contribution in [0.4, 0.5) is 5.69 Å². The first-order valence-electron chi connectivity index (χ1n) is 5.66. The summed E-state index contributed by atoms with van der Waals surface area (Å²) >= 11 is 0. The molecule has 1 aliphatic rings. The number of aromatic nitrogens is 2. The summed E-state index contributed by atoms with van der Waals surface area (Å²) in [5, 5.41) is 0. The van der Waals surface area contributed by atoms with Gasteiger partial charge in [0.25, 0.3) is 0 Å². The molecule has 0 saturated carbocycles. The molecule has 1 fully saturated rings. The van der Waals surface area contributed by atoms with Crippen molar-refractivity contribution in [2.45, 2.75) is 25.4 Å². The molecule has 4 nitrogen and oxygen atoms in total. The predicted octanol–water partition coefficient (Wildman–Crippen LogP) is 1.64. The van der Waals surface area contributed by atoms with E-state index in [9.17, 15) is 0 Å². The fourth-order valence-electron chi connectivity index (χ4n) is 2.23. The van der Waals surface area contributed by atoms with Crippen LogP contribution in [0, 0.1) is 0 Å². The Morgan fingerprint density at radius 3 is 3.31 bits per heavy atom. The zero-order chi connectivity index (χ0) is 11.0. The average Bonchev–Trinajstić information content (AvgIpc) is 2.89. The van der Waals surface area contributed by atoms with E-state index in [0.717, 1.165) is 36.5 Å². The molecular formula is C12H15N3O. The maximum atomic E-state index is 5.73. The fourth-order valence-corrected chi connectivity index (χ4v) is 2.23. The number of nitrogens with zero attached hydrogens (tertiary/aromatic N) is 2. The van der Waals surface area contributed by atoms with E-state index in [2.05, 4.69) is 9.38 Å². The van der Waals surface area contributed by atoms with Gasteiger partial charge >= 0.3 is 0 Å². The Morgan fingerprint density at radius 2 is 2.50 bits per heavy atom. The fraction of sp³-hybridized carbons (Fsp3) is 0.417. The molecular weight excluding hydrogens is 202 g/mol. The van der Waals surface area contributed by atoms with E-state index in [1.54, 1.807) is 0 Å². The van der Waals surface area contributed by atoms with Gasteiger partial charge in [-0.25, -0.2) is 4.98 Å². The number of anilines is 1. The summed E-state index contributed by atoms with van der Waals surface area (Å²) in [7, 11) is 0. The minimum Gasteiger partial charge on any atom is -0.399 e. The molecule has 1 unspecified atom stereocenters. The largest absolute Gasteiger partial charge is 0.399 e. The zero-order valence-corrected chi connectivity index (χ0v) is 9.10. The van der Waals surface area contributed by atoms with Gasteiger partial charge in [0.15, 0.2) is 0 Å². The molecule has 0 amide bonds. The van der Waals surface area contributed by atoms with E-state index >= 15 is 0 Å². The Morgan fingerprint density at radius 1 is 1.56 bits per heavy atom. The van der Waals surface area contributed by atoms with E-state index < -0.39 is 0 Å². The molecule has 2 aromatic heterocycles. The summed E-state index contributed by atoms with van der Waals surface area (Å²) in [6.45, 7) is 0.890. The average molecular weight is 217 g/mol. The van der Waals surface area contributed by atoms with Gasteiger partial charge in [-0.2, -0.15) is 0 Å². The van der Waals surface area contributed by atoms with Crippen molar-refractivity contribution in [3.63, 3.8) is 0 Å². The lowest BCUT2D eigenvalue weighted by Crippen LogP contribution is -2.11. The van der Waals surface area contributed by atoms with Gasteiger partial charge in [-0.15, -0.1) is 0 Å². The van der Waals surface area contributed by atoms with Crippen LogP contribution in [0.3, 0.4) is 0 Å². The third-order valence-corrected chi connectivity index (χ3v) is 3.07. The summed E-state index contributed by atoms with van der Waals surface area (Å²) in [5.41, 5.74) is 7.55. The van der Waals surface area contributed by atoms with Crippen LogP contribution in [-0.4, -0.2) is 22.1 Å². The van der Waals surface area contributed by atoms with E-state index in [4.69, 9.17) is 10.5 Å². The van der Waals surface area contributed by atoms with E-state index in [0.29, 0.717) is 6.10 Å².